The lowest BCUT2D eigenvalue weighted by Crippen LogP contribution is -2.52. The molecule has 2 aromatic rings. The zero-order chi connectivity index (χ0) is 20.8. The number of carbonyl (C=O) groups is 3. The zero-order valence-electron chi connectivity index (χ0n) is 16.6. The van der Waals surface area contributed by atoms with Crippen LogP contribution in [0.1, 0.15) is 0 Å². The van der Waals surface area contributed by atoms with Crippen LogP contribution in [0.25, 0.3) is 0 Å². The van der Waals surface area contributed by atoms with Crippen molar-refractivity contribution in [2.45, 2.75) is 0 Å². The Morgan fingerprint density at radius 3 is 2.34 bits per heavy atom. The van der Waals surface area contributed by atoms with Gasteiger partial charge in [0, 0.05) is 18.8 Å². The van der Waals surface area contributed by atoms with Crippen molar-refractivity contribution in [3.05, 3.63) is 54.6 Å². The Morgan fingerprint density at radius 2 is 1.66 bits per heavy atom. The number of para-hydroxylation sites is 3. The van der Waals surface area contributed by atoms with Gasteiger partial charge in [0.2, 0.25) is 11.8 Å². The molecule has 2 N–H and O–H groups in total. The molecule has 29 heavy (non-hydrogen) atoms. The molecule has 0 aliphatic carbocycles. The van der Waals surface area contributed by atoms with Gasteiger partial charge in [0.1, 0.15) is 13.1 Å². The fourth-order valence-corrected chi connectivity index (χ4v) is 3.05. The van der Waals surface area contributed by atoms with Crippen LogP contribution in [-0.2, 0) is 9.59 Å². The van der Waals surface area contributed by atoms with Crippen LogP contribution < -0.4 is 20.4 Å². The molecule has 0 atom stereocenters. The van der Waals surface area contributed by atoms with Gasteiger partial charge in [-0.15, -0.1) is 0 Å². The molecule has 1 heterocycles. The predicted octanol–water partition coefficient (Wildman–Crippen LogP) is 1.75. The average Bonchev–Trinajstić information content (AvgIpc) is 2.70. The van der Waals surface area contributed by atoms with E-state index in [9.17, 15) is 14.4 Å². The SMILES string of the molecule is CN(C)CCNC(=O)CN1C(=O)CN(C(=O)Nc2ccccc2)c2ccccc21. The number of fused-ring (bicyclic) bond motifs is 1. The number of amides is 4. The predicted molar refractivity (Wildman–Crippen MR) is 113 cm³/mol. The second-order valence-electron chi connectivity index (χ2n) is 7.00. The van der Waals surface area contributed by atoms with E-state index in [-0.39, 0.29) is 24.9 Å². The number of hydrogen-bond acceptors (Lipinski definition) is 4. The first-order valence-electron chi connectivity index (χ1n) is 9.40. The van der Waals surface area contributed by atoms with E-state index in [1.165, 1.54) is 9.80 Å². The van der Waals surface area contributed by atoms with E-state index >= 15 is 0 Å². The first kappa shape index (κ1) is 20.3. The van der Waals surface area contributed by atoms with Crippen LogP contribution >= 0.6 is 0 Å². The van der Waals surface area contributed by atoms with Gasteiger partial charge in [-0.2, -0.15) is 0 Å². The summed E-state index contributed by atoms with van der Waals surface area (Å²) in [5.41, 5.74) is 1.77. The molecule has 4 amide bonds. The van der Waals surface area contributed by atoms with E-state index in [4.69, 9.17) is 0 Å². The van der Waals surface area contributed by atoms with Crippen molar-refractivity contribution < 1.29 is 14.4 Å². The topological polar surface area (TPSA) is 85.0 Å². The zero-order valence-corrected chi connectivity index (χ0v) is 16.6. The van der Waals surface area contributed by atoms with Crippen LogP contribution in [0.5, 0.6) is 0 Å². The smallest absolute Gasteiger partial charge is 0.326 e. The first-order valence-corrected chi connectivity index (χ1v) is 9.40. The lowest BCUT2D eigenvalue weighted by Gasteiger charge is -2.35. The highest BCUT2D eigenvalue weighted by molar-refractivity contribution is 6.14. The number of benzene rings is 2. The summed E-state index contributed by atoms with van der Waals surface area (Å²) in [4.78, 5) is 42.6. The first-order chi connectivity index (χ1) is 14.0. The summed E-state index contributed by atoms with van der Waals surface area (Å²) in [6, 6.07) is 15.7. The normalized spacial score (nSPS) is 13.3. The molecule has 0 saturated heterocycles. The van der Waals surface area contributed by atoms with Gasteiger partial charge < -0.3 is 15.5 Å². The number of nitrogens with zero attached hydrogens (tertiary/aromatic N) is 3. The van der Waals surface area contributed by atoms with E-state index in [2.05, 4.69) is 10.6 Å². The molecule has 1 aliphatic heterocycles. The summed E-state index contributed by atoms with van der Waals surface area (Å²) in [5.74, 6) is -0.549. The molecule has 1 aliphatic rings. The lowest BCUT2D eigenvalue weighted by atomic mass is 10.1. The number of likely N-dealkylation sites (N-methyl/N-ethyl adjacent to an activating group) is 1. The maximum absolute atomic E-state index is 12.8. The summed E-state index contributed by atoms with van der Waals surface area (Å²) in [6.45, 7) is 0.989. The average molecular weight is 395 g/mol. The van der Waals surface area contributed by atoms with Gasteiger partial charge in [0.05, 0.1) is 11.4 Å². The summed E-state index contributed by atoms with van der Waals surface area (Å²) in [5, 5.41) is 5.61. The van der Waals surface area contributed by atoms with Crippen molar-refractivity contribution in [3.63, 3.8) is 0 Å². The highest BCUT2D eigenvalue weighted by Crippen LogP contribution is 2.33. The molecule has 152 valence electrons. The van der Waals surface area contributed by atoms with Crippen LogP contribution in [0.2, 0.25) is 0 Å². The minimum atomic E-state index is -0.396. The van der Waals surface area contributed by atoms with Crippen molar-refractivity contribution in [1.29, 1.82) is 0 Å². The minimum absolute atomic E-state index is 0.0859. The molecule has 0 radical (unpaired) electrons. The third-order valence-electron chi connectivity index (χ3n) is 4.51. The number of rotatable bonds is 6. The fraction of sp³-hybridized carbons (Fsp3) is 0.286. The van der Waals surface area contributed by atoms with E-state index in [0.717, 1.165) is 0 Å². The molecule has 0 bridgehead atoms. The minimum Gasteiger partial charge on any atom is -0.353 e. The summed E-state index contributed by atoms with van der Waals surface area (Å²) < 4.78 is 0. The van der Waals surface area contributed by atoms with Crippen molar-refractivity contribution >= 4 is 34.9 Å². The quantitative estimate of drug-likeness (QED) is 0.780. The largest absolute Gasteiger partial charge is 0.353 e. The molecule has 2 aromatic carbocycles. The van der Waals surface area contributed by atoms with Gasteiger partial charge in [-0.3, -0.25) is 19.4 Å². The van der Waals surface area contributed by atoms with Gasteiger partial charge in [-0.1, -0.05) is 30.3 Å². The number of hydrogen-bond donors (Lipinski definition) is 2. The molecule has 8 nitrogen and oxygen atoms in total. The Labute approximate surface area is 170 Å². The Kier molecular flexibility index (Phi) is 6.46. The van der Waals surface area contributed by atoms with E-state index < -0.39 is 6.03 Å². The van der Waals surface area contributed by atoms with Crippen LogP contribution in [0, 0.1) is 0 Å². The molecule has 0 spiro atoms. The van der Waals surface area contributed by atoms with Crippen LogP contribution in [0.3, 0.4) is 0 Å². The van der Waals surface area contributed by atoms with Gasteiger partial charge in [-0.25, -0.2) is 4.79 Å². The summed E-state index contributed by atoms with van der Waals surface area (Å²) in [6.07, 6.45) is 0. The maximum Gasteiger partial charge on any atom is 0.326 e. The molecule has 0 aromatic heterocycles. The monoisotopic (exact) mass is 395 g/mol. The molecular weight excluding hydrogens is 370 g/mol. The van der Waals surface area contributed by atoms with E-state index in [1.807, 2.05) is 37.2 Å². The molecular formula is C21H25N5O3. The van der Waals surface area contributed by atoms with Gasteiger partial charge in [0.25, 0.3) is 0 Å². The van der Waals surface area contributed by atoms with Gasteiger partial charge >= 0.3 is 6.03 Å². The highest BCUT2D eigenvalue weighted by Gasteiger charge is 2.33. The Bertz CT molecular complexity index is 885. The maximum atomic E-state index is 12.8. The van der Waals surface area contributed by atoms with Crippen molar-refractivity contribution in [2.24, 2.45) is 0 Å². The summed E-state index contributed by atoms with van der Waals surface area (Å²) >= 11 is 0. The lowest BCUT2D eigenvalue weighted by molar-refractivity contribution is -0.123. The third kappa shape index (κ3) is 5.11. The molecule has 0 unspecified atom stereocenters. The Hall–Kier alpha value is -3.39. The van der Waals surface area contributed by atoms with Crippen LogP contribution in [-0.4, -0.2) is 63.0 Å². The fourth-order valence-electron chi connectivity index (χ4n) is 3.05. The Morgan fingerprint density at radius 1 is 1.00 bits per heavy atom. The van der Waals surface area contributed by atoms with Crippen LogP contribution in [0.15, 0.2) is 54.6 Å². The number of nitrogens with one attached hydrogen (secondary N) is 2. The summed E-state index contributed by atoms with van der Waals surface area (Å²) in [7, 11) is 3.84. The number of urea groups is 1. The number of carbonyl (C=O) groups excluding carboxylic acids is 3. The molecule has 3 rings (SSSR count). The second-order valence-corrected chi connectivity index (χ2v) is 7.00. The molecule has 0 fully saturated rings. The van der Waals surface area contributed by atoms with Gasteiger partial charge in [0.15, 0.2) is 0 Å². The van der Waals surface area contributed by atoms with Crippen LogP contribution in [0.4, 0.5) is 21.9 Å². The second kappa shape index (κ2) is 9.20. The van der Waals surface area contributed by atoms with Crippen molar-refractivity contribution in [2.75, 3.05) is 55.4 Å². The van der Waals surface area contributed by atoms with E-state index in [1.54, 1.807) is 36.4 Å². The Balaban J connectivity index is 1.74. The number of anilines is 3. The van der Waals surface area contributed by atoms with E-state index in [0.29, 0.717) is 30.2 Å². The van der Waals surface area contributed by atoms with Crippen molar-refractivity contribution in [3.8, 4) is 0 Å². The third-order valence-corrected chi connectivity index (χ3v) is 4.51. The molecule has 0 saturated carbocycles. The highest BCUT2D eigenvalue weighted by atomic mass is 16.2. The molecule has 8 heteroatoms. The van der Waals surface area contributed by atoms with Gasteiger partial charge in [-0.05, 0) is 38.4 Å². The van der Waals surface area contributed by atoms with Crippen molar-refractivity contribution in [1.82, 2.24) is 10.2 Å². The standard InChI is InChI=1S/C21H25N5O3/c1-24(2)13-12-22-19(27)14-25-17-10-6-7-11-18(17)26(15-20(25)28)21(29)23-16-8-4-3-5-9-16/h3-11H,12-15H2,1-2H3,(H,22,27)(H,23,29).